The molecule has 1 fully saturated rings. The molecule has 0 radical (unpaired) electrons. The van der Waals surface area contributed by atoms with E-state index in [1.165, 1.54) is 0 Å². The minimum Gasteiger partial charge on any atom is -0.381 e. The van der Waals surface area contributed by atoms with E-state index in [0.717, 1.165) is 38.3 Å². The Labute approximate surface area is 116 Å². The molecule has 0 bridgehead atoms. The summed E-state index contributed by atoms with van der Waals surface area (Å²) in [6, 6.07) is 0. The molecule has 1 aromatic rings. The third-order valence-corrected chi connectivity index (χ3v) is 3.82. The first-order chi connectivity index (χ1) is 9.41. The lowest BCUT2D eigenvalue weighted by Crippen LogP contribution is -2.38. The van der Waals surface area contributed by atoms with Gasteiger partial charge in [-0.3, -0.25) is 0 Å². The van der Waals surface area contributed by atoms with Crippen molar-refractivity contribution in [2.45, 2.75) is 32.0 Å². The van der Waals surface area contributed by atoms with Crippen LogP contribution < -0.4 is 4.90 Å². The topological polar surface area (TPSA) is 38.2 Å². The van der Waals surface area contributed by atoms with Gasteiger partial charge in [0, 0.05) is 32.6 Å². The van der Waals surface area contributed by atoms with Crippen LogP contribution in [0.1, 0.15) is 25.3 Å². The largest absolute Gasteiger partial charge is 0.419 e. The summed E-state index contributed by atoms with van der Waals surface area (Å²) in [4.78, 5) is 9.56. The summed E-state index contributed by atoms with van der Waals surface area (Å²) >= 11 is 0. The molecule has 0 spiro atoms. The lowest BCUT2D eigenvalue weighted by molar-refractivity contribution is -0.138. The van der Waals surface area contributed by atoms with Crippen LogP contribution in [0.3, 0.4) is 0 Å². The molecule has 1 saturated heterocycles. The van der Waals surface area contributed by atoms with Gasteiger partial charge in [-0.1, -0.05) is 0 Å². The van der Waals surface area contributed by atoms with Crippen LogP contribution in [0.25, 0.3) is 0 Å². The molecule has 0 N–H and O–H groups in total. The van der Waals surface area contributed by atoms with E-state index >= 15 is 0 Å². The van der Waals surface area contributed by atoms with Gasteiger partial charge in [0.1, 0.15) is 0 Å². The Bertz CT molecular complexity index is 427. The smallest absolute Gasteiger partial charge is 0.381 e. The summed E-state index contributed by atoms with van der Waals surface area (Å²) in [6.45, 7) is 3.52. The lowest BCUT2D eigenvalue weighted by atomic mass is 9.92. The number of anilines is 1. The molecule has 2 rings (SSSR count). The second-order valence-electron chi connectivity index (χ2n) is 5.03. The molecule has 0 aromatic carbocycles. The zero-order valence-electron chi connectivity index (χ0n) is 11.5. The summed E-state index contributed by atoms with van der Waals surface area (Å²) in [7, 11) is 1.69. The number of nitrogens with zero attached hydrogens (tertiary/aromatic N) is 3. The summed E-state index contributed by atoms with van der Waals surface area (Å²) < 4.78 is 42.6. The number of halogens is 3. The van der Waals surface area contributed by atoms with Crippen LogP contribution >= 0.6 is 0 Å². The summed E-state index contributed by atoms with van der Waals surface area (Å²) in [5.41, 5.74) is -0.816. The third kappa shape index (κ3) is 3.39. The van der Waals surface area contributed by atoms with E-state index in [2.05, 4.69) is 9.97 Å². The average Bonchev–Trinajstić information content (AvgIpc) is 2.46. The molecule has 1 unspecified atom stereocenters. The lowest BCUT2D eigenvalue weighted by Gasteiger charge is -2.34. The summed E-state index contributed by atoms with van der Waals surface area (Å²) in [5.74, 6) is 0.840. The second kappa shape index (κ2) is 5.95. The Kier molecular flexibility index (Phi) is 4.47. The number of hydrogen-bond donors (Lipinski definition) is 0. The van der Waals surface area contributed by atoms with Gasteiger partial charge in [-0.2, -0.15) is 13.2 Å². The molecular formula is C13H18F3N3O. The standard InChI is InChI=1S/C13H18F3N3O/c1-9(20-2)10-3-5-19(6-4-10)12-17-7-11(8-18-12)13(14,15)16/h7-10H,3-6H2,1-2H3. The van der Waals surface area contributed by atoms with Crippen molar-refractivity contribution in [2.75, 3.05) is 25.1 Å². The van der Waals surface area contributed by atoms with E-state index in [4.69, 9.17) is 4.74 Å². The minimum atomic E-state index is -4.39. The van der Waals surface area contributed by atoms with Crippen LogP contribution in [-0.2, 0) is 10.9 Å². The minimum absolute atomic E-state index is 0.200. The van der Waals surface area contributed by atoms with Crippen molar-refractivity contribution in [1.29, 1.82) is 0 Å². The quantitative estimate of drug-likeness (QED) is 0.857. The molecule has 0 saturated carbocycles. The fourth-order valence-corrected chi connectivity index (χ4v) is 2.39. The van der Waals surface area contributed by atoms with Gasteiger partial charge in [0.2, 0.25) is 5.95 Å². The second-order valence-corrected chi connectivity index (χ2v) is 5.03. The number of alkyl halides is 3. The normalized spacial score (nSPS) is 19.1. The van der Waals surface area contributed by atoms with Crippen molar-refractivity contribution >= 4 is 5.95 Å². The SMILES string of the molecule is COC(C)C1CCN(c2ncc(C(F)(F)F)cn2)CC1. The predicted octanol–water partition coefficient (Wildman–Crippen LogP) is 2.75. The van der Waals surface area contributed by atoms with Crippen LogP contribution in [-0.4, -0.2) is 36.3 Å². The molecule has 1 atom stereocenters. The van der Waals surface area contributed by atoms with Gasteiger partial charge in [-0.25, -0.2) is 9.97 Å². The maximum Gasteiger partial charge on any atom is 0.419 e. The molecule has 7 heteroatoms. The van der Waals surface area contributed by atoms with E-state index in [0.29, 0.717) is 11.9 Å². The van der Waals surface area contributed by atoms with Crippen LogP contribution in [0.15, 0.2) is 12.4 Å². The van der Waals surface area contributed by atoms with Gasteiger partial charge in [-0.15, -0.1) is 0 Å². The molecule has 20 heavy (non-hydrogen) atoms. The molecule has 112 valence electrons. The van der Waals surface area contributed by atoms with Gasteiger partial charge in [-0.05, 0) is 25.7 Å². The van der Waals surface area contributed by atoms with Gasteiger partial charge < -0.3 is 9.64 Å². The Morgan fingerprint density at radius 1 is 1.25 bits per heavy atom. The van der Waals surface area contributed by atoms with Crippen molar-refractivity contribution in [3.05, 3.63) is 18.0 Å². The van der Waals surface area contributed by atoms with Gasteiger partial charge in [0.25, 0.3) is 0 Å². The fraction of sp³-hybridized carbons (Fsp3) is 0.692. The number of methoxy groups -OCH3 is 1. The zero-order valence-corrected chi connectivity index (χ0v) is 11.5. The zero-order chi connectivity index (χ0) is 14.8. The molecular weight excluding hydrogens is 271 g/mol. The molecule has 0 aliphatic carbocycles. The van der Waals surface area contributed by atoms with Crippen LogP contribution in [0, 0.1) is 5.92 Å². The molecule has 1 aliphatic heterocycles. The maximum atomic E-state index is 12.4. The molecule has 2 heterocycles. The molecule has 1 aromatic heterocycles. The summed E-state index contributed by atoms with van der Waals surface area (Å²) in [5, 5.41) is 0. The van der Waals surface area contributed by atoms with Crippen LogP contribution in [0.5, 0.6) is 0 Å². The summed E-state index contributed by atoms with van der Waals surface area (Å²) in [6.07, 6.45) is -0.651. The van der Waals surface area contributed by atoms with E-state index < -0.39 is 11.7 Å². The highest BCUT2D eigenvalue weighted by molar-refractivity contribution is 5.31. The highest BCUT2D eigenvalue weighted by Gasteiger charge is 2.32. The Morgan fingerprint density at radius 3 is 2.25 bits per heavy atom. The Morgan fingerprint density at radius 2 is 1.80 bits per heavy atom. The highest BCUT2D eigenvalue weighted by Crippen LogP contribution is 2.29. The van der Waals surface area contributed by atoms with E-state index in [1.807, 2.05) is 11.8 Å². The monoisotopic (exact) mass is 289 g/mol. The maximum absolute atomic E-state index is 12.4. The number of rotatable bonds is 3. The number of hydrogen-bond acceptors (Lipinski definition) is 4. The predicted molar refractivity (Wildman–Crippen MR) is 68.4 cm³/mol. The first kappa shape index (κ1) is 15.0. The fourth-order valence-electron chi connectivity index (χ4n) is 2.39. The first-order valence-corrected chi connectivity index (χ1v) is 6.59. The van der Waals surface area contributed by atoms with Crippen molar-refractivity contribution in [1.82, 2.24) is 9.97 Å². The molecule has 4 nitrogen and oxygen atoms in total. The van der Waals surface area contributed by atoms with E-state index in [-0.39, 0.29) is 6.10 Å². The number of piperidine rings is 1. The van der Waals surface area contributed by atoms with Crippen LogP contribution in [0.4, 0.5) is 19.1 Å². The van der Waals surface area contributed by atoms with Crippen molar-refractivity contribution in [3.63, 3.8) is 0 Å². The van der Waals surface area contributed by atoms with E-state index in [9.17, 15) is 13.2 Å². The average molecular weight is 289 g/mol. The number of aromatic nitrogens is 2. The van der Waals surface area contributed by atoms with E-state index in [1.54, 1.807) is 7.11 Å². The van der Waals surface area contributed by atoms with Gasteiger partial charge in [0.15, 0.2) is 0 Å². The van der Waals surface area contributed by atoms with Crippen LogP contribution in [0.2, 0.25) is 0 Å². The Hall–Kier alpha value is -1.37. The van der Waals surface area contributed by atoms with Gasteiger partial charge >= 0.3 is 6.18 Å². The van der Waals surface area contributed by atoms with Crippen molar-refractivity contribution < 1.29 is 17.9 Å². The van der Waals surface area contributed by atoms with Gasteiger partial charge in [0.05, 0.1) is 11.7 Å². The molecule has 0 amide bonds. The first-order valence-electron chi connectivity index (χ1n) is 6.59. The highest BCUT2D eigenvalue weighted by atomic mass is 19.4. The third-order valence-electron chi connectivity index (χ3n) is 3.82. The Balaban J connectivity index is 1.97. The van der Waals surface area contributed by atoms with Crippen molar-refractivity contribution in [3.8, 4) is 0 Å². The van der Waals surface area contributed by atoms with Crippen molar-refractivity contribution in [2.24, 2.45) is 5.92 Å². The molecule has 1 aliphatic rings. The number of ether oxygens (including phenoxy) is 1.